The Morgan fingerprint density at radius 1 is 1.42 bits per heavy atom. The summed E-state index contributed by atoms with van der Waals surface area (Å²) in [6, 6.07) is 5.72. The summed E-state index contributed by atoms with van der Waals surface area (Å²) in [6.07, 6.45) is 2.57. The fourth-order valence-electron chi connectivity index (χ4n) is 1.74. The largest absolute Gasteiger partial charge is 0.469 e. The average molecular weight is 295 g/mol. The first kappa shape index (κ1) is 12.4. The number of rotatable bonds is 4. The van der Waals surface area contributed by atoms with E-state index >= 15 is 0 Å². The molecule has 0 aliphatic heterocycles. The summed E-state index contributed by atoms with van der Waals surface area (Å²) in [5.41, 5.74) is 0. The molecule has 0 atom stereocenters. The number of nitrogens with zero attached hydrogens (tertiary/aromatic N) is 2. The van der Waals surface area contributed by atoms with E-state index in [4.69, 9.17) is 20.8 Å². The van der Waals surface area contributed by atoms with E-state index in [0.29, 0.717) is 12.5 Å². The van der Waals surface area contributed by atoms with Crippen LogP contribution in [0.15, 0.2) is 28.9 Å². The second-order valence-electron chi connectivity index (χ2n) is 3.95. The van der Waals surface area contributed by atoms with Gasteiger partial charge in [0.1, 0.15) is 17.2 Å². The standard InChI is InChI=1S/C13H11ClN2O2S/c1-2-9-6-10-11(15-13(14)16-12(10)19-9)18-7-8-4-3-5-17-8/h3-6H,2,7H2,1H3. The van der Waals surface area contributed by atoms with Gasteiger partial charge in [-0.1, -0.05) is 6.92 Å². The van der Waals surface area contributed by atoms with Gasteiger partial charge in [-0.25, -0.2) is 4.98 Å². The van der Waals surface area contributed by atoms with Gasteiger partial charge in [0.05, 0.1) is 11.6 Å². The number of furan rings is 1. The quantitative estimate of drug-likeness (QED) is 0.680. The summed E-state index contributed by atoms with van der Waals surface area (Å²) in [7, 11) is 0. The summed E-state index contributed by atoms with van der Waals surface area (Å²) >= 11 is 7.53. The van der Waals surface area contributed by atoms with Gasteiger partial charge in [0.15, 0.2) is 0 Å². The lowest BCUT2D eigenvalue weighted by molar-refractivity contribution is 0.264. The highest BCUT2D eigenvalue weighted by Crippen LogP contribution is 2.32. The van der Waals surface area contributed by atoms with Crippen LogP contribution in [-0.2, 0) is 13.0 Å². The average Bonchev–Trinajstić information content (AvgIpc) is 3.04. The molecular formula is C13H11ClN2O2S. The maximum Gasteiger partial charge on any atom is 0.227 e. The van der Waals surface area contributed by atoms with Crippen molar-refractivity contribution in [1.29, 1.82) is 0 Å². The predicted octanol–water partition coefficient (Wildman–Crippen LogP) is 4.08. The summed E-state index contributed by atoms with van der Waals surface area (Å²) in [5, 5.41) is 1.10. The lowest BCUT2D eigenvalue weighted by atomic mass is 10.3. The van der Waals surface area contributed by atoms with Gasteiger partial charge in [-0.2, -0.15) is 4.98 Å². The van der Waals surface area contributed by atoms with Gasteiger partial charge >= 0.3 is 0 Å². The zero-order valence-electron chi connectivity index (χ0n) is 10.2. The second-order valence-corrected chi connectivity index (χ2v) is 5.40. The topological polar surface area (TPSA) is 48.2 Å². The molecule has 6 heteroatoms. The van der Waals surface area contributed by atoms with Crippen molar-refractivity contribution in [2.24, 2.45) is 0 Å². The predicted molar refractivity (Wildman–Crippen MR) is 74.8 cm³/mol. The molecular weight excluding hydrogens is 284 g/mol. The smallest absolute Gasteiger partial charge is 0.227 e. The number of hydrogen-bond acceptors (Lipinski definition) is 5. The molecule has 0 unspecified atom stereocenters. The molecule has 0 spiro atoms. The van der Waals surface area contributed by atoms with Crippen LogP contribution in [0.2, 0.25) is 5.28 Å². The van der Waals surface area contributed by atoms with Crippen LogP contribution in [-0.4, -0.2) is 9.97 Å². The molecule has 3 rings (SSSR count). The van der Waals surface area contributed by atoms with Crippen molar-refractivity contribution < 1.29 is 9.15 Å². The van der Waals surface area contributed by atoms with Gasteiger partial charge in [-0.15, -0.1) is 11.3 Å². The van der Waals surface area contributed by atoms with Gasteiger partial charge in [0, 0.05) is 4.88 Å². The van der Waals surface area contributed by atoms with E-state index in [-0.39, 0.29) is 5.28 Å². The highest BCUT2D eigenvalue weighted by molar-refractivity contribution is 7.18. The Labute approximate surface area is 119 Å². The number of aromatic nitrogens is 2. The molecule has 0 saturated heterocycles. The molecule has 98 valence electrons. The van der Waals surface area contributed by atoms with Crippen LogP contribution >= 0.6 is 22.9 Å². The van der Waals surface area contributed by atoms with Crippen LogP contribution < -0.4 is 4.74 Å². The van der Waals surface area contributed by atoms with Gasteiger partial charge in [-0.3, -0.25) is 0 Å². The Balaban J connectivity index is 1.94. The minimum absolute atomic E-state index is 0.200. The Bertz CT molecular complexity index is 694. The zero-order chi connectivity index (χ0) is 13.2. The van der Waals surface area contributed by atoms with Crippen molar-refractivity contribution in [1.82, 2.24) is 9.97 Å². The fourth-order valence-corrected chi connectivity index (χ4v) is 2.91. The van der Waals surface area contributed by atoms with E-state index in [2.05, 4.69) is 16.9 Å². The van der Waals surface area contributed by atoms with E-state index in [0.717, 1.165) is 22.4 Å². The first-order valence-corrected chi connectivity index (χ1v) is 7.07. The lowest BCUT2D eigenvalue weighted by Gasteiger charge is -2.04. The van der Waals surface area contributed by atoms with Crippen molar-refractivity contribution in [3.8, 4) is 5.88 Å². The van der Waals surface area contributed by atoms with Crippen LogP contribution in [0, 0.1) is 0 Å². The van der Waals surface area contributed by atoms with Gasteiger partial charge in [0.25, 0.3) is 0 Å². The third-order valence-corrected chi connectivity index (χ3v) is 4.00. The van der Waals surface area contributed by atoms with Crippen molar-refractivity contribution >= 4 is 33.2 Å². The van der Waals surface area contributed by atoms with Crippen LogP contribution in [0.5, 0.6) is 5.88 Å². The van der Waals surface area contributed by atoms with Crippen LogP contribution in [0.25, 0.3) is 10.2 Å². The van der Waals surface area contributed by atoms with Crippen molar-refractivity contribution in [3.63, 3.8) is 0 Å². The lowest BCUT2D eigenvalue weighted by Crippen LogP contribution is -1.97. The Hall–Kier alpha value is -1.59. The van der Waals surface area contributed by atoms with Crippen molar-refractivity contribution in [2.45, 2.75) is 20.0 Å². The molecule has 3 aromatic rings. The highest BCUT2D eigenvalue weighted by atomic mass is 35.5. The highest BCUT2D eigenvalue weighted by Gasteiger charge is 2.12. The molecule has 0 aromatic carbocycles. The summed E-state index contributed by atoms with van der Waals surface area (Å²) in [4.78, 5) is 10.4. The Morgan fingerprint density at radius 3 is 3.05 bits per heavy atom. The first-order valence-electron chi connectivity index (χ1n) is 5.87. The molecule has 3 heterocycles. The van der Waals surface area contributed by atoms with E-state index < -0.39 is 0 Å². The Morgan fingerprint density at radius 2 is 2.32 bits per heavy atom. The first-order chi connectivity index (χ1) is 9.26. The number of ether oxygens (including phenoxy) is 1. The number of thiophene rings is 1. The minimum Gasteiger partial charge on any atom is -0.469 e. The van der Waals surface area contributed by atoms with E-state index in [1.807, 2.05) is 18.2 Å². The molecule has 0 amide bonds. The molecule has 0 radical (unpaired) electrons. The number of halogens is 1. The number of fused-ring (bicyclic) bond motifs is 1. The maximum atomic E-state index is 5.92. The molecule has 19 heavy (non-hydrogen) atoms. The van der Waals surface area contributed by atoms with Gasteiger partial charge in [0.2, 0.25) is 11.2 Å². The van der Waals surface area contributed by atoms with Crippen molar-refractivity contribution in [2.75, 3.05) is 0 Å². The SMILES string of the molecule is CCc1cc2c(OCc3ccco3)nc(Cl)nc2s1. The molecule has 0 aliphatic rings. The van der Waals surface area contributed by atoms with E-state index in [9.17, 15) is 0 Å². The number of aryl methyl sites for hydroxylation is 1. The van der Waals surface area contributed by atoms with Crippen LogP contribution in [0.1, 0.15) is 17.6 Å². The monoisotopic (exact) mass is 294 g/mol. The fraction of sp³-hybridized carbons (Fsp3) is 0.231. The molecule has 0 saturated carbocycles. The van der Waals surface area contributed by atoms with Crippen LogP contribution in [0.3, 0.4) is 0 Å². The van der Waals surface area contributed by atoms with E-state index in [1.165, 1.54) is 4.88 Å². The summed E-state index contributed by atoms with van der Waals surface area (Å²) in [5.74, 6) is 1.25. The second kappa shape index (κ2) is 5.19. The molecule has 0 fully saturated rings. The summed E-state index contributed by atoms with van der Waals surface area (Å²) < 4.78 is 10.9. The Kier molecular flexibility index (Phi) is 3.40. The van der Waals surface area contributed by atoms with E-state index in [1.54, 1.807) is 17.6 Å². The third kappa shape index (κ3) is 2.57. The van der Waals surface area contributed by atoms with Gasteiger partial charge < -0.3 is 9.15 Å². The molecule has 4 nitrogen and oxygen atoms in total. The minimum atomic E-state index is 0.200. The normalized spacial score (nSPS) is 11.1. The molecule has 0 bridgehead atoms. The molecule has 0 aliphatic carbocycles. The molecule has 3 aromatic heterocycles. The van der Waals surface area contributed by atoms with Crippen LogP contribution in [0.4, 0.5) is 0 Å². The maximum absolute atomic E-state index is 5.92. The third-order valence-electron chi connectivity index (χ3n) is 2.66. The van der Waals surface area contributed by atoms with Gasteiger partial charge in [-0.05, 0) is 36.2 Å². The molecule has 0 N–H and O–H groups in total. The zero-order valence-corrected chi connectivity index (χ0v) is 11.8. The van der Waals surface area contributed by atoms with Crippen molar-refractivity contribution in [3.05, 3.63) is 40.4 Å². The number of hydrogen-bond donors (Lipinski definition) is 0. The summed E-state index contributed by atoms with van der Waals surface area (Å²) in [6.45, 7) is 2.43.